The zero-order chi connectivity index (χ0) is 22.6. The maximum absolute atomic E-state index is 12.8. The monoisotopic (exact) mass is 452 g/mol. The van der Waals surface area contributed by atoms with Crippen LogP contribution in [0.4, 0.5) is 5.69 Å². The number of thioether (sulfide) groups is 1. The third kappa shape index (κ3) is 4.47. The maximum Gasteiger partial charge on any atom is 0.234 e. The summed E-state index contributed by atoms with van der Waals surface area (Å²) in [6, 6.07) is 23.4. The summed E-state index contributed by atoms with van der Waals surface area (Å²) >= 11 is 1.33. The third-order valence-corrected chi connectivity index (χ3v) is 5.96. The first-order valence-electron chi connectivity index (χ1n) is 10.4. The molecule has 0 saturated heterocycles. The molecule has 5 rings (SSSR count). The predicted molar refractivity (Wildman–Crippen MR) is 130 cm³/mol. The van der Waals surface area contributed by atoms with Gasteiger partial charge in [-0.2, -0.15) is 0 Å². The Morgan fingerprint density at radius 2 is 1.85 bits per heavy atom. The molecular formula is C25H20N6OS. The van der Waals surface area contributed by atoms with E-state index < -0.39 is 0 Å². The molecule has 5 aromatic rings. The lowest BCUT2D eigenvalue weighted by Gasteiger charge is -2.11. The molecule has 0 saturated carbocycles. The number of fused-ring (bicyclic) bond motifs is 1. The molecule has 0 unspecified atom stereocenters. The number of carbonyl (C=O) groups is 1. The molecule has 0 atom stereocenters. The summed E-state index contributed by atoms with van der Waals surface area (Å²) in [5.74, 6) is 0.715. The van der Waals surface area contributed by atoms with E-state index in [4.69, 9.17) is 0 Å². The van der Waals surface area contributed by atoms with Crippen molar-refractivity contribution in [3.63, 3.8) is 0 Å². The number of hydrogen-bond acceptors (Lipinski definition) is 6. The fourth-order valence-electron chi connectivity index (χ4n) is 3.52. The molecule has 3 aromatic heterocycles. The molecule has 7 nitrogen and oxygen atoms in total. The van der Waals surface area contributed by atoms with Crippen LogP contribution in [-0.4, -0.2) is 36.4 Å². The molecule has 0 aliphatic rings. The fraction of sp³-hybridized carbons (Fsp3) is 0.0800. The van der Waals surface area contributed by atoms with E-state index in [9.17, 15) is 4.79 Å². The Labute approximate surface area is 194 Å². The summed E-state index contributed by atoms with van der Waals surface area (Å²) in [6.45, 7) is 1.93. The van der Waals surface area contributed by atoms with Crippen molar-refractivity contribution >= 4 is 34.3 Å². The van der Waals surface area contributed by atoms with Crippen LogP contribution in [-0.2, 0) is 4.79 Å². The molecule has 33 heavy (non-hydrogen) atoms. The van der Waals surface area contributed by atoms with Gasteiger partial charge in [-0.25, -0.2) is 0 Å². The lowest BCUT2D eigenvalue weighted by molar-refractivity contribution is -0.113. The SMILES string of the molecule is Cc1ccc2cccc(NC(=O)CSc3nnc(-c4cccnc4)n3-c3ccccc3)c2n1. The molecule has 0 spiro atoms. The van der Waals surface area contributed by atoms with Crippen LogP contribution in [0.3, 0.4) is 0 Å². The lowest BCUT2D eigenvalue weighted by Crippen LogP contribution is -2.15. The van der Waals surface area contributed by atoms with Crippen molar-refractivity contribution < 1.29 is 4.79 Å². The van der Waals surface area contributed by atoms with Gasteiger partial charge in [0, 0.05) is 34.7 Å². The third-order valence-electron chi connectivity index (χ3n) is 5.03. The van der Waals surface area contributed by atoms with Crippen molar-refractivity contribution in [1.29, 1.82) is 0 Å². The number of nitrogens with zero attached hydrogens (tertiary/aromatic N) is 5. The van der Waals surface area contributed by atoms with Gasteiger partial charge in [0.25, 0.3) is 0 Å². The average molecular weight is 453 g/mol. The Morgan fingerprint density at radius 3 is 2.67 bits per heavy atom. The first-order chi connectivity index (χ1) is 16.2. The Hall–Kier alpha value is -4.04. The fourth-order valence-corrected chi connectivity index (χ4v) is 4.27. The molecule has 2 aromatic carbocycles. The van der Waals surface area contributed by atoms with Crippen LogP contribution in [0.1, 0.15) is 5.69 Å². The largest absolute Gasteiger partial charge is 0.323 e. The maximum atomic E-state index is 12.8. The minimum Gasteiger partial charge on any atom is -0.323 e. The van der Waals surface area contributed by atoms with Crippen molar-refractivity contribution in [3.05, 3.63) is 90.9 Å². The molecule has 0 fully saturated rings. The van der Waals surface area contributed by atoms with Crippen LogP contribution in [0.5, 0.6) is 0 Å². The molecule has 1 N–H and O–H groups in total. The minimum atomic E-state index is -0.138. The van der Waals surface area contributed by atoms with Crippen LogP contribution in [0, 0.1) is 6.92 Å². The van der Waals surface area contributed by atoms with Crippen molar-refractivity contribution in [2.24, 2.45) is 0 Å². The normalized spacial score (nSPS) is 10.9. The van der Waals surface area contributed by atoms with Gasteiger partial charge < -0.3 is 5.32 Å². The summed E-state index contributed by atoms with van der Waals surface area (Å²) in [7, 11) is 0. The van der Waals surface area contributed by atoms with Gasteiger partial charge in [-0.05, 0) is 43.3 Å². The molecular weight excluding hydrogens is 432 g/mol. The van der Waals surface area contributed by atoms with E-state index in [1.807, 2.05) is 84.3 Å². The Kier molecular flexibility index (Phi) is 5.82. The van der Waals surface area contributed by atoms with Gasteiger partial charge >= 0.3 is 0 Å². The standard InChI is InChI=1S/C25H20N6OS/c1-17-12-13-18-7-5-11-21(23(18)27-17)28-22(32)16-33-25-30-29-24(19-8-6-14-26-15-19)31(25)20-9-3-2-4-10-20/h2-15H,16H2,1H3,(H,28,32). The number of rotatable bonds is 6. The van der Waals surface area contributed by atoms with E-state index in [0.29, 0.717) is 16.7 Å². The second-order valence-corrected chi connectivity index (χ2v) is 8.33. The number of aromatic nitrogens is 5. The zero-order valence-corrected chi connectivity index (χ0v) is 18.7. The smallest absolute Gasteiger partial charge is 0.234 e. The number of anilines is 1. The molecule has 0 radical (unpaired) electrons. The average Bonchev–Trinajstić information content (AvgIpc) is 3.28. The van der Waals surface area contributed by atoms with Crippen LogP contribution in [0.15, 0.2) is 90.3 Å². The number of carbonyl (C=O) groups excluding carboxylic acids is 1. The highest BCUT2D eigenvalue weighted by atomic mass is 32.2. The summed E-state index contributed by atoms with van der Waals surface area (Å²) in [6.07, 6.45) is 3.47. The number of benzene rings is 2. The molecule has 0 aliphatic heterocycles. The van der Waals surface area contributed by atoms with Crippen LogP contribution in [0.2, 0.25) is 0 Å². The second-order valence-electron chi connectivity index (χ2n) is 7.39. The molecule has 0 aliphatic carbocycles. The van der Waals surface area contributed by atoms with Crippen molar-refractivity contribution in [2.45, 2.75) is 12.1 Å². The summed E-state index contributed by atoms with van der Waals surface area (Å²) < 4.78 is 1.94. The van der Waals surface area contributed by atoms with E-state index in [0.717, 1.165) is 27.8 Å². The van der Waals surface area contributed by atoms with Gasteiger partial charge in [0.1, 0.15) is 0 Å². The van der Waals surface area contributed by atoms with E-state index >= 15 is 0 Å². The number of amides is 1. The second kappa shape index (κ2) is 9.22. The quantitative estimate of drug-likeness (QED) is 0.368. The number of hydrogen-bond donors (Lipinski definition) is 1. The molecule has 1 amide bonds. The number of aryl methyl sites for hydroxylation is 1. The predicted octanol–water partition coefficient (Wildman–Crippen LogP) is 4.92. The number of para-hydroxylation sites is 2. The van der Waals surface area contributed by atoms with Gasteiger partial charge in [0.15, 0.2) is 11.0 Å². The van der Waals surface area contributed by atoms with Gasteiger partial charge in [-0.1, -0.05) is 48.2 Å². The number of pyridine rings is 2. The van der Waals surface area contributed by atoms with Gasteiger partial charge in [0.05, 0.1) is 17.0 Å². The van der Waals surface area contributed by atoms with Gasteiger partial charge in [-0.15, -0.1) is 10.2 Å². The van der Waals surface area contributed by atoms with Crippen LogP contribution < -0.4 is 5.32 Å². The van der Waals surface area contributed by atoms with E-state index in [1.165, 1.54) is 11.8 Å². The van der Waals surface area contributed by atoms with Crippen molar-refractivity contribution in [2.75, 3.05) is 11.1 Å². The highest BCUT2D eigenvalue weighted by molar-refractivity contribution is 7.99. The van der Waals surface area contributed by atoms with E-state index in [1.54, 1.807) is 12.4 Å². The van der Waals surface area contributed by atoms with Gasteiger partial charge in [0.2, 0.25) is 5.91 Å². The molecule has 8 heteroatoms. The van der Waals surface area contributed by atoms with Crippen LogP contribution in [0.25, 0.3) is 28.0 Å². The first kappa shape index (κ1) is 20.8. The summed E-state index contributed by atoms with van der Waals surface area (Å²) in [4.78, 5) is 21.6. The Balaban J connectivity index is 1.40. The summed E-state index contributed by atoms with van der Waals surface area (Å²) in [5.41, 5.74) is 4.14. The molecule has 162 valence electrons. The summed E-state index contributed by atoms with van der Waals surface area (Å²) in [5, 5.41) is 13.4. The molecule has 0 bridgehead atoms. The Morgan fingerprint density at radius 1 is 0.970 bits per heavy atom. The van der Waals surface area contributed by atoms with Gasteiger partial charge in [-0.3, -0.25) is 19.3 Å². The molecule has 3 heterocycles. The Bertz CT molecular complexity index is 1420. The minimum absolute atomic E-state index is 0.138. The van der Waals surface area contributed by atoms with Crippen LogP contribution >= 0.6 is 11.8 Å². The number of nitrogens with one attached hydrogen (secondary N) is 1. The highest BCUT2D eigenvalue weighted by Crippen LogP contribution is 2.28. The topological polar surface area (TPSA) is 85.6 Å². The van der Waals surface area contributed by atoms with Crippen molar-refractivity contribution in [1.82, 2.24) is 24.7 Å². The van der Waals surface area contributed by atoms with Crippen molar-refractivity contribution in [3.8, 4) is 17.1 Å². The lowest BCUT2D eigenvalue weighted by atomic mass is 10.2. The van der Waals surface area contributed by atoms with E-state index in [2.05, 4.69) is 25.5 Å². The van der Waals surface area contributed by atoms with E-state index in [-0.39, 0.29) is 11.7 Å². The zero-order valence-electron chi connectivity index (χ0n) is 17.8. The highest BCUT2D eigenvalue weighted by Gasteiger charge is 2.17. The first-order valence-corrected chi connectivity index (χ1v) is 11.4.